The lowest BCUT2D eigenvalue weighted by Gasteiger charge is -2.28. The first-order chi connectivity index (χ1) is 7.10. The van der Waals surface area contributed by atoms with E-state index >= 15 is 0 Å². The van der Waals surface area contributed by atoms with Crippen molar-refractivity contribution in [3.05, 3.63) is 42.1 Å². The second-order valence-corrected chi connectivity index (χ2v) is 3.33. The molecule has 0 radical (unpaired) electrons. The minimum Gasteiger partial charge on any atom is -0.508 e. The number of nitrogens with two attached hydrogens (primary N) is 2. The number of rotatable bonds is 1. The van der Waals surface area contributed by atoms with Gasteiger partial charge in [0.05, 0.1) is 0 Å². The maximum Gasteiger partial charge on any atom is 0.211 e. The molecule has 0 spiro atoms. The van der Waals surface area contributed by atoms with Crippen LogP contribution in [0.25, 0.3) is 0 Å². The number of benzene rings is 1. The van der Waals surface area contributed by atoms with E-state index in [0.29, 0.717) is 11.4 Å². The Morgan fingerprint density at radius 1 is 1.40 bits per heavy atom. The Balaban J connectivity index is 2.42. The number of hydrogen-bond donors (Lipinski definition) is 4. The van der Waals surface area contributed by atoms with Crippen LogP contribution < -0.4 is 16.8 Å². The molecule has 1 aromatic rings. The van der Waals surface area contributed by atoms with Crippen LogP contribution in [0.5, 0.6) is 5.75 Å². The largest absolute Gasteiger partial charge is 0.508 e. The van der Waals surface area contributed by atoms with Crippen LogP contribution in [0.3, 0.4) is 0 Å². The molecule has 0 saturated heterocycles. The maximum absolute atomic E-state index is 9.34. The Labute approximate surface area is 87.1 Å². The lowest BCUT2D eigenvalue weighted by molar-refractivity contribution is 0.404. The molecule has 0 saturated carbocycles. The molecule has 1 atom stereocenters. The normalized spacial score (nSPS) is 24.5. The molecule has 1 aromatic carbocycles. The van der Waals surface area contributed by atoms with Gasteiger partial charge in [0, 0.05) is 11.8 Å². The molecule has 1 aliphatic rings. The zero-order valence-electron chi connectivity index (χ0n) is 8.01. The van der Waals surface area contributed by atoms with Gasteiger partial charge in [0.1, 0.15) is 11.6 Å². The van der Waals surface area contributed by atoms with Crippen LogP contribution in [0.1, 0.15) is 5.56 Å². The van der Waals surface area contributed by atoms with Crippen LogP contribution in [-0.2, 0) is 5.79 Å². The van der Waals surface area contributed by atoms with Gasteiger partial charge < -0.3 is 16.2 Å². The van der Waals surface area contributed by atoms with Gasteiger partial charge in [-0.15, -0.1) is 0 Å². The summed E-state index contributed by atoms with van der Waals surface area (Å²) >= 11 is 0. The van der Waals surface area contributed by atoms with Crippen LogP contribution >= 0.6 is 0 Å². The van der Waals surface area contributed by atoms with Crippen molar-refractivity contribution in [1.82, 2.24) is 5.32 Å². The van der Waals surface area contributed by atoms with Gasteiger partial charge >= 0.3 is 0 Å². The molecule has 0 fully saturated rings. The second kappa shape index (κ2) is 3.29. The molecular weight excluding hydrogens is 192 g/mol. The van der Waals surface area contributed by atoms with Crippen molar-refractivity contribution in [2.24, 2.45) is 16.5 Å². The fourth-order valence-corrected chi connectivity index (χ4v) is 1.42. The van der Waals surface area contributed by atoms with Crippen LogP contribution in [-0.4, -0.2) is 10.9 Å². The number of hydrogen-bond acceptors (Lipinski definition) is 5. The molecule has 5 nitrogen and oxygen atoms in total. The number of phenols is 1. The van der Waals surface area contributed by atoms with Crippen molar-refractivity contribution < 1.29 is 5.11 Å². The highest BCUT2D eigenvalue weighted by Crippen LogP contribution is 2.22. The highest BCUT2D eigenvalue weighted by Gasteiger charge is 2.27. The van der Waals surface area contributed by atoms with Gasteiger partial charge in [-0.05, 0) is 18.2 Å². The molecule has 78 valence electrons. The van der Waals surface area contributed by atoms with Crippen molar-refractivity contribution >= 4 is 5.84 Å². The first-order valence-electron chi connectivity index (χ1n) is 4.48. The zero-order chi connectivity index (χ0) is 10.9. The summed E-state index contributed by atoms with van der Waals surface area (Å²) in [4.78, 5) is 4.09. The summed E-state index contributed by atoms with van der Waals surface area (Å²) < 4.78 is 0. The van der Waals surface area contributed by atoms with E-state index in [0.717, 1.165) is 0 Å². The third kappa shape index (κ3) is 1.77. The first kappa shape index (κ1) is 9.54. The van der Waals surface area contributed by atoms with Gasteiger partial charge in [-0.2, -0.15) is 0 Å². The highest BCUT2D eigenvalue weighted by atomic mass is 16.3. The molecule has 1 heterocycles. The summed E-state index contributed by atoms with van der Waals surface area (Å²) in [5.41, 5.74) is 12.2. The van der Waals surface area contributed by atoms with Crippen molar-refractivity contribution in [3.8, 4) is 5.75 Å². The van der Waals surface area contributed by atoms with E-state index in [1.54, 1.807) is 36.5 Å². The molecule has 2 rings (SSSR count). The standard InChI is InChI=1S/C10H12N4O/c11-9-4-5-13-10(12,14-9)7-2-1-3-8(15)6-7/h1-6,13,15H,12H2,(H2,11,14). The first-order valence-corrected chi connectivity index (χ1v) is 4.48. The minimum absolute atomic E-state index is 0.141. The monoisotopic (exact) mass is 204 g/mol. The van der Waals surface area contributed by atoms with Crippen molar-refractivity contribution in [2.45, 2.75) is 5.79 Å². The smallest absolute Gasteiger partial charge is 0.211 e. The molecule has 15 heavy (non-hydrogen) atoms. The number of nitrogens with one attached hydrogen (secondary N) is 1. The average Bonchev–Trinajstić information content (AvgIpc) is 2.17. The highest BCUT2D eigenvalue weighted by molar-refractivity contribution is 5.92. The van der Waals surface area contributed by atoms with Gasteiger partial charge in [0.25, 0.3) is 0 Å². The molecule has 1 unspecified atom stereocenters. The van der Waals surface area contributed by atoms with Crippen LogP contribution in [0.2, 0.25) is 0 Å². The Kier molecular flexibility index (Phi) is 2.09. The third-order valence-electron chi connectivity index (χ3n) is 2.15. The van der Waals surface area contributed by atoms with Crippen LogP contribution in [0.15, 0.2) is 41.5 Å². The van der Waals surface area contributed by atoms with E-state index in [2.05, 4.69) is 10.3 Å². The van der Waals surface area contributed by atoms with E-state index in [1.165, 1.54) is 0 Å². The minimum atomic E-state index is -1.10. The van der Waals surface area contributed by atoms with E-state index in [4.69, 9.17) is 11.5 Å². The number of aromatic hydroxyl groups is 1. The van der Waals surface area contributed by atoms with E-state index in [1.807, 2.05) is 0 Å². The fraction of sp³-hybridized carbons (Fsp3) is 0.100. The number of phenolic OH excluding ortho intramolecular Hbond substituents is 1. The summed E-state index contributed by atoms with van der Waals surface area (Å²) in [6, 6.07) is 6.58. The maximum atomic E-state index is 9.34. The summed E-state index contributed by atoms with van der Waals surface area (Å²) in [7, 11) is 0. The van der Waals surface area contributed by atoms with E-state index < -0.39 is 5.79 Å². The molecular formula is C10H12N4O. The molecule has 0 bridgehead atoms. The average molecular weight is 204 g/mol. The van der Waals surface area contributed by atoms with Gasteiger partial charge in [-0.1, -0.05) is 12.1 Å². The van der Waals surface area contributed by atoms with Crippen molar-refractivity contribution in [2.75, 3.05) is 0 Å². The van der Waals surface area contributed by atoms with E-state index in [9.17, 15) is 5.11 Å². The summed E-state index contributed by atoms with van der Waals surface area (Å²) in [6.07, 6.45) is 3.25. The quantitative estimate of drug-likeness (QED) is 0.515. The molecule has 0 aromatic heterocycles. The van der Waals surface area contributed by atoms with Crippen LogP contribution in [0, 0.1) is 0 Å². The predicted octanol–water partition coefficient (Wildman–Crippen LogP) is -0.0647. The number of nitrogens with zero attached hydrogens (tertiary/aromatic N) is 1. The predicted molar refractivity (Wildman–Crippen MR) is 57.9 cm³/mol. The summed E-state index contributed by atoms with van der Waals surface area (Å²) in [5, 5.41) is 12.2. The van der Waals surface area contributed by atoms with Crippen molar-refractivity contribution in [1.29, 1.82) is 0 Å². The second-order valence-electron chi connectivity index (χ2n) is 3.33. The third-order valence-corrected chi connectivity index (χ3v) is 2.15. The summed E-state index contributed by atoms with van der Waals surface area (Å²) in [5.74, 6) is -0.612. The van der Waals surface area contributed by atoms with Crippen molar-refractivity contribution in [3.63, 3.8) is 0 Å². The van der Waals surface area contributed by atoms with Crippen LogP contribution in [0.4, 0.5) is 0 Å². The molecule has 6 N–H and O–H groups in total. The van der Waals surface area contributed by atoms with Gasteiger partial charge in [0.2, 0.25) is 5.79 Å². The number of amidine groups is 1. The topological polar surface area (TPSA) is 96.7 Å². The molecule has 5 heteroatoms. The lowest BCUT2D eigenvalue weighted by atomic mass is 10.1. The number of aliphatic imine (C=N–C) groups is 1. The zero-order valence-corrected chi connectivity index (χ0v) is 8.01. The Bertz CT molecular complexity index is 441. The van der Waals surface area contributed by atoms with Gasteiger partial charge in [-0.3, -0.25) is 5.73 Å². The summed E-state index contributed by atoms with van der Waals surface area (Å²) in [6.45, 7) is 0. The van der Waals surface area contributed by atoms with E-state index in [-0.39, 0.29) is 5.75 Å². The lowest BCUT2D eigenvalue weighted by Crippen LogP contribution is -2.49. The Morgan fingerprint density at radius 3 is 2.87 bits per heavy atom. The SMILES string of the molecule is NC1=NC(N)(c2cccc(O)c2)NC=C1. The molecule has 0 aliphatic carbocycles. The Morgan fingerprint density at radius 2 is 2.20 bits per heavy atom. The fourth-order valence-electron chi connectivity index (χ4n) is 1.42. The molecule has 1 aliphatic heterocycles. The van der Waals surface area contributed by atoms with Gasteiger partial charge in [0.15, 0.2) is 0 Å². The Hall–Kier alpha value is -2.01. The van der Waals surface area contributed by atoms with Gasteiger partial charge in [-0.25, -0.2) is 4.99 Å². The molecule has 0 amide bonds.